The Morgan fingerprint density at radius 3 is 3.06 bits per heavy atom. The van der Waals surface area contributed by atoms with E-state index in [1.165, 1.54) is 35.9 Å². The van der Waals surface area contributed by atoms with Crippen LogP contribution in [0.4, 0.5) is 0 Å². The average molecular weight is 244 g/mol. The van der Waals surface area contributed by atoms with Crippen LogP contribution in [-0.2, 0) is 6.42 Å². The third-order valence-electron chi connectivity index (χ3n) is 4.10. The molecule has 2 heterocycles. The Morgan fingerprint density at radius 2 is 2.33 bits per heavy atom. The van der Waals surface area contributed by atoms with Crippen LogP contribution in [0, 0.1) is 0 Å². The van der Waals surface area contributed by atoms with Gasteiger partial charge in [-0.1, -0.05) is 6.07 Å². The molecule has 0 aliphatic carbocycles. The molecule has 3 rings (SSSR count). The number of fused-ring (bicyclic) bond motifs is 1. The first kappa shape index (κ1) is 11.6. The van der Waals surface area contributed by atoms with Crippen molar-refractivity contribution >= 4 is 10.9 Å². The van der Waals surface area contributed by atoms with Crippen LogP contribution in [0.15, 0.2) is 24.4 Å². The number of hydrogen-bond donors (Lipinski definition) is 1. The van der Waals surface area contributed by atoms with Crippen molar-refractivity contribution in [1.29, 1.82) is 0 Å². The number of aromatic nitrogens is 1. The van der Waals surface area contributed by atoms with Gasteiger partial charge in [0.05, 0.1) is 7.11 Å². The molecule has 0 radical (unpaired) electrons. The Bertz CT molecular complexity index is 546. The second-order valence-electron chi connectivity index (χ2n) is 5.18. The third-order valence-corrected chi connectivity index (χ3v) is 4.10. The fourth-order valence-corrected chi connectivity index (χ4v) is 3.04. The van der Waals surface area contributed by atoms with Crippen LogP contribution in [0.3, 0.4) is 0 Å². The van der Waals surface area contributed by atoms with Crippen molar-refractivity contribution in [1.82, 2.24) is 9.88 Å². The highest BCUT2D eigenvalue weighted by atomic mass is 16.5. The molecule has 1 saturated heterocycles. The van der Waals surface area contributed by atoms with Gasteiger partial charge < -0.3 is 14.6 Å². The lowest BCUT2D eigenvalue weighted by atomic mass is 10.0. The molecule has 1 aliphatic heterocycles. The average Bonchev–Trinajstić information content (AvgIpc) is 2.97. The highest BCUT2D eigenvalue weighted by molar-refractivity contribution is 5.89. The molecule has 1 atom stereocenters. The molecule has 1 aromatic heterocycles. The molecule has 0 spiro atoms. The zero-order valence-electron chi connectivity index (χ0n) is 11.1. The molecule has 96 valence electrons. The normalized spacial score (nSPS) is 20.7. The number of likely N-dealkylation sites (N-methyl/N-ethyl adjacent to an activating group) is 1. The van der Waals surface area contributed by atoms with Crippen LogP contribution in [0.25, 0.3) is 10.9 Å². The third kappa shape index (κ3) is 1.89. The van der Waals surface area contributed by atoms with Crippen LogP contribution in [0.2, 0.25) is 0 Å². The van der Waals surface area contributed by atoms with Gasteiger partial charge in [-0.2, -0.15) is 0 Å². The maximum atomic E-state index is 5.48. The van der Waals surface area contributed by atoms with Gasteiger partial charge in [-0.05, 0) is 50.6 Å². The van der Waals surface area contributed by atoms with Crippen molar-refractivity contribution in [3.8, 4) is 5.75 Å². The molecule has 0 unspecified atom stereocenters. The van der Waals surface area contributed by atoms with Gasteiger partial charge in [0.2, 0.25) is 0 Å². The van der Waals surface area contributed by atoms with E-state index in [1.54, 1.807) is 7.11 Å². The number of methoxy groups -OCH3 is 1. The van der Waals surface area contributed by atoms with Gasteiger partial charge in [0, 0.05) is 23.1 Å². The lowest BCUT2D eigenvalue weighted by Crippen LogP contribution is -2.26. The fourth-order valence-electron chi connectivity index (χ4n) is 3.04. The molecule has 0 amide bonds. The molecule has 3 heteroatoms. The van der Waals surface area contributed by atoms with Crippen LogP contribution in [0.1, 0.15) is 18.4 Å². The quantitative estimate of drug-likeness (QED) is 0.899. The van der Waals surface area contributed by atoms with Gasteiger partial charge in [0.15, 0.2) is 0 Å². The summed E-state index contributed by atoms with van der Waals surface area (Å²) in [6.07, 6.45) is 5.87. The topological polar surface area (TPSA) is 28.3 Å². The minimum absolute atomic E-state index is 0.675. The van der Waals surface area contributed by atoms with Crippen molar-refractivity contribution in [2.45, 2.75) is 25.3 Å². The van der Waals surface area contributed by atoms with Crippen molar-refractivity contribution in [2.75, 3.05) is 20.7 Å². The number of benzene rings is 1. The van der Waals surface area contributed by atoms with E-state index in [2.05, 4.69) is 29.2 Å². The maximum Gasteiger partial charge on any atom is 0.128 e. The number of H-pyrrole nitrogens is 1. The van der Waals surface area contributed by atoms with Gasteiger partial charge >= 0.3 is 0 Å². The maximum absolute atomic E-state index is 5.48. The van der Waals surface area contributed by atoms with E-state index in [-0.39, 0.29) is 0 Å². The summed E-state index contributed by atoms with van der Waals surface area (Å²) >= 11 is 0. The summed E-state index contributed by atoms with van der Waals surface area (Å²) in [4.78, 5) is 5.82. The Labute approximate surface area is 108 Å². The number of aromatic amines is 1. The summed E-state index contributed by atoms with van der Waals surface area (Å²) in [5.41, 5.74) is 2.55. The number of rotatable bonds is 3. The van der Waals surface area contributed by atoms with Crippen LogP contribution < -0.4 is 4.74 Å². The molecular formula is C15H20N2O. The van der Waals surface area contributed by atoms with E-state index in [4.69, 9.17) is 4.74 Å². The Kier molecular flexibility index (Phi) is 3.00. The van der Waals surface area contributed by atoms with Gasteiger partial charge in [-0.15, -0.1) is 0 Å². The number of nitrogens with one attached hydrogen (secondary N) is 1. The first-order valence-electron chi connectivity index (χ1n) is 6.63. The summed E-state index contributed by atoms with van der Waals surface area (Å²) in [5.74, 6) is 0.976. The zero-order chi connectivity index (χ0) is 12.5. The SMILES string of the molecule is COc1cccc2[nH]cc(C[C@H]3CCCN3C)c12. The lowest BCUT2D eigenvalue weighted by Gasteiger charge is -2.19. The zero-order valence-corrected chi connectivity index (χ0v) is 11.1. The first-order chi connectivity index (χ1) is 8.79. The van der Waals surface area contributed by atoms with Gasteiger partial charge in [0.25, 0.3) is 0 Å². The minimum Gasteiger partial charge on any atom is -0.496 e. The van der Waals surface area contributed by atoms with Crippen molar-refractivity contribution in [3.05, 3.63) is 30.0 Å². The number of likely N-dealkylation sites (tertiary alicyclic amines) is 1. The Balaban J connectivity index is 1.96. The Hall–Kier alpha value is -1.48. The molecule has 18 heavy (non-hydrogen) atoms. The first-order valence-corrected chi connectivity index (χ1v) is 6.63. The largest absolute Gasteiger partial charge is 0.496 e. The second-order valence-corrected chi connectivity index (χ2v) is 5.18. The van der Waals surface area contributed by atoms with E-state index in [1.807, 2.05) is 12.1 Å². The molecule has 0 bridgehead atoms. The van der Waals surface area contributed by atoms with Crippen molar-refractivity contribution < 1.29 is 4.74 Å². The van der Waals surface area contributed by atoms with Gasteiger partial charge in [0.1, 0.15) is 5.75 Å². The highest BCUT2D eigenvalue weighted by Gasteiger charge is 2.22. The van der Waals surface area contributed by atoms with E-state index < -0.39 is 0 Å². The highest BCUT2D eigenvalue weighted by Crippen LogP contribution is 2.31. The summed E-state index contributed by atoms with van der Waals surface area (Å²) in [7, 11) is 3.97. The molecule has 1 aromatic carbocycles. The second kappa shape index (κ2) is 4.65. The molecule has 3 nitrogen and oxygen atoms in total. The van der Waals surface area contributed by atoms with Gasteiger partial charge in [-0.3, -0.25) is 0 Å². The minimum atomic E-state index is 0.675. The number of ether oxygens (including phenoxy) is 1. The molecule has 0 saturated carbocycles. The van der Waals surface area contributed by atoms with Crippen LogP contribution in [0.5, 0.6) is 5.75 Å². The summed E-state index contributed by atoms with van der Waals surface area (Å²) in [6, 6.07) is 6.86. The van der Waals surface area contributed by atoms with Gasteiger partial charge in [-0.25, -0.2) is 0 Å². The van der Waals surface area contributed by atoms with Crippen molar-refractivity contribution in [2.24, 2.45) is 0 Å². The monoisotopic (exact) mass is 244 g/mol. The molecule has 1 fully saturated rings. The van der Waals surface area contributed by atoms with E-state index >= 15 is 0 Å². The fraction of sp³-hybridized carbons (Fsp3) is 0.467. The summed E-state index contributed by atoms with van der Waals surface area (Å²) < 4.78 is 5.48. The van der Waals surface area contributed by atoms with Crippen molar-refractivity contribution in [3.63, 3.8) is 0 Å². The molecule has 1 aliphatic rings. The molecular weight excluding hydrogens is 224 g/mol. The van der Waals surface area contributed by atoms with E-state index in [0.29, 0.717) is 6.04 Å². The van der Waals surface area contributed by atoms with E-state index in [0.717, 1.165) is 12.2 Å². The lowest BCUT2D eigenvalue weighted by molar-refractivity contribution is 0.309. The molecule has 2 aromatic rings. The van der Waals surface area contributed by atoms with E-state index in [9.17, 15) is 0 Å². The van der Waals surface area contributed by atoms with Crippen LogP contribution in [-0.4, -0.2) is 36.6 Å². The summed E-state index contributed by atoms with van der Waals surface area (Å²) in [5, 5.41) is 1.25. The predicted octanol–water partition coefficient (Wildman–Crippen LogP) is 2.81. The van der Waals surface area contributed by atoms with Crippen LogP contribution >= 0.6 is 0 Å². The Morgan fingerprint density at radius 1 is 1.44 bits per heavy atom. The molecule has 1 N–H and O–H groups in total. The number of hydrogen-bond acceptors (Lipinski definition) is 2. The smallest absolute Gasteiger partial charge is 0.128 e. The predicted molar refractivity (Wildman–Crippen MR) is 74.2 cm³/mol. The standard InChI is InChI=1S/C15H20N2O/c1-17-8-4-5-12(17)9-11-10-16-13-6-3-7-14(18-2)15(11)13/h3,6-7,10,12,16H,4-5,8-9H2,1-2H3/t12-/m1/s1. The summed E-state index contributed by atoms with van der Waals surface area (Å²) in [6.45, 7) is 1.23. The number of nitrogens with zero attached hydrogens (tertiary/aromatic N) is 1.